The Morgan fingerprint density at radius 3 is 2.50 bits per heavy atom. The second-order valence-corrected chi connectivity index (χ2v) is 5.12. The van der Waals surface area contributed by atoms with Gasteiger partial charge in [-0.3, -0.25) is 0 Å². The first kappa shape index (κ1) is 18.1. The summed E-state index contributed by atoms with van der Waals surface area (Å²) >= 11 is 0. The van der Waals surface area contributed by atoms with E-state index in [9.17, 15) is 18.3 Å². The van der Waals surface area contributed by atoms with Crippen molar-refractivity contribution in [3.8, 4) is 11.5 Å². The lowest BCUT2D eigenvalue weighted by atomic mass is 10.1. The van der Waals surface area contributed by atoms with E-state index in [2.05, 4.69) is 10.1 Å². The first-order valence-electron chi connectivity index (χ1n) is 7.25. The topological polar surface area (TPSA) is 50.7 Å². The van der Waals surface area contributed by atoms with Gasteiger partial charge in [0.15, 0.2) is 0 Å². The lowest BCUT2D eigenvalue weighted by molar-refractivity contribution is -0.274. The highest BCUT2D eigenvalue weighted by Gasteiger charge is 2.31. The van der Waals surface area contributed by atoms with E-state index in [1.54, 1.807) is 37.4 Å². The zero-order valence-corrected chi connectivity index (χ0v) is 13.0. The lowest BCUT2D eigenvalue weighted by Crippen LogP contribution is -2.21. The lowest BCUT2D eigenvalue weighted by Gasteiger charge is -2.14. The molecule has 0 heterocycles. The molecule has 0 fully saturated rings. The van der Waals surface area contributed by atoms with E-state index >= 15 is 0 Å². The summed E-state index contributed by atoms with van der Waals surface area (Å²) in [5.74, 6) is 0.374. The molecule has 0 aliphatic heterocycles. The van der Waals surface area contributed by atoms with Gasteiger partial charge in [0.25, 0.3) is 0 Å². The summed E-state index contributed by atoms with van der Waals surface area (Å²) in [4.78, 5) is 0. The Labute approximate surface area is 137 Å². The molecule has 0 aromatic heterocycles. The van der Waals surface area contributed by atoms with E-state index in [0.717, 1.165) is 0 Å². The van der Waals surface area contributed by atoms with Crippen LogP contribution >= 0.6 is 0 Å². The van der Waals surface area contributed by atoms with Crippen LogP contribution in [0.15, 0.2) is 48.5 Å². The molecule has 0 bridgehead atoms. The first-order valence-corrected chi connectivity index (χ1v) is 7.25. The van der Waals surface area contributed by atoms with Gasteiger partial charge in [-0.1, -0.05) is 24.3 Å². The average Bonchev–Trinajstić information content (AvgIpc) is 2.53. The minimum Gasteiger partial charge on any atom is -0.497 e. The fourth-order valence-corrected chi connectivity index (χ4v) is 2.17. The molecule has 24 heavy (non-hydrogen) atoms. The fraction of sp³-hybridized carbons (Fsp3) is 0.294. The Balaban J connectivity index is 1.88. The molecule has 130 valence electrons. The van der Waals surface area contributed by atoms with Gasteiger partial charge in [0.1, 0.15) is 11.5 Å². The normalized spacial score (nSPS) is 12.7. The minimum atomic E-state index is -4.71. The highest BCUT2D eigenvalue weighted by atomic mass is 19.4. The molecule has 0 saturated carbocycles. The van der Waals surface area contributed by atoms with Crippen molar-refractivity contribution in [2.75, 3.05) is 13.7 Å². The smallest absolute Gasteiger partial charge is 0.497 e. The Morgan fingerprint density at radius 1 is 1.08 bits per heavy atom. The van der Waals surface area contributed by atoms with E-state index in [1.165, 1.54) is 18.2 Å². The highest BCUT2D eigenvalue weighted by molar-refractivity contribution is 5.30. The van der Waals surface area contributed by atoms with Crippen LogP contribution < -0.4 is 14.8 Å². The number of aliphatic hydroxyl groups is 1. The second kappa shape index (κ2) is 8.03. The number of benzene rings is 2. The molecule has 0 saturated heterocycles. The zero-order valence-electron chi connectivity index (χ0n) is 13.0. The summed E-state index contributed by atoms with van der Waals surface area (Å²) in [5, 5.41) is 13.1. The van der Waals surface area contributed by atoms with Gasteiger partial charge in [0, 0.05) is 13.1 Å². The molecule has 2 rings (SSSR count). The summed E-state index contributed by atoms with van der Waals surface area (Å²) in [5.41, 5.74) is 1.31. The third-order valence-electron chi connectivity index (χ3n) is 3.28. The molecular weight excluding hydrogens is 323 g/mol. The van der Waals surface area contributed by atoms with Crippen LogP contribution in [0, 0.1) is 0 Å². The van der Waals surface area contributed by atoms with Crippen molar-refractivity contribution >= 4 is 0 Å². The van der Waals surface area contributed by atoms with Gasteiger partial charge in [-0.25, -0.2) is 0 Å². The molecule has 0 radical (unpaired) electrons. The van der Waals surface area contributed by atoms with E-state index in [-0.39, 0.29) is 12.3 Å². The molecule has 0 spiro atoms. The van der Waals surface area contributed by atoms with E-state index in [4.69, 9.17) is 4.74 Å². The van der Waals surface area contributed by atoms with E-state index < -0.39 is 12.5 Å². The van der Waals surface area contributed by atoms with Crippen molar-refractivity contribution in [3.05, 3.63) is 59.7 Å². The molecule has 1 unspecified atom stereocenters. The van der Waals surface area contributed by atoms with E-state index in [1.807, 2.05) is 0 Å². The monoisotopic (exact) mass is 341 g/mol. The second-order valence-electron chi connectivity index (χ2n) is 5.12. The Hall–Kier alpha value is -2.25. The van der Waals surface area contributed by atoms with Crippen LogP contribution in [-0.4, -0.2) is 25.1 Å². The van der Waals surface area contributed by atoms with Crippen LogP contribution in [0.4, 0.5) is 13.2 Å². The number of ether oxygens (including phenoxy) is 2. The summed E-state index contributed by atoms with van der Waals surface area (Å²) < 4.78 is 45.6. The Morgan fingerprint density at radius 2 is 1.79 bits per heavy atom. The number of hydrogen-bond donors (Lipinski definition) is 2. The summed E-state index contributed by atoms with van der Waals surface area (Å²) in [6.07, 6.45) is -5.47. The minimum absolute atomic E-state index is 0.248. The number of halogens is 3. The van der Waals surface area contributed by atoms with Crippen LogP contribution in [0.25, 0.3) is 0 Å². The first-order chi connectivity index (χ1) is 11.4. The quantitative estimate of drug-likeness (QED) is 0.810. The molecule has 0 amide bonds. The maximum atomic E-state index is 12.2. The third kappa shape index (κ3) is 5.75. The summed E-state index contributed by atoms with van der Waals surface area (Å²) in [6, 6.07) is 12.7. The SMILES string of the molecule is COc1cccc(C(O)CNCc2cccc(OC(F)(F)F)c2)c1. The molecule has 4 nitrogen and oxygen atoms in total. The van der Waals surface area contributed by atoms with Gasteiger partial charge in [0.2, 0.25) is 0 Å². The van der Waals surface area contributed by atoms with E-state index in [0.29, 0.717) is 23.4 Å². The molecule has 0 aliphatic rings. The van der Waals surface area contributed by atoms with Crippen LogP contribution in [0.3, 0.4) is 0 Å². The number of methoxy groups -OCH3 is 1. The summed E-state index contributed by atoms with van der Waals surface area (Å²) in [6.45, 7) is 0.549. The maximum Gasteiger partial charge on any atom is 0.573 e. The number of rotatable bonds is 7. The molecule has 2 aromatic rings. The molecule has 2 N–H and O–H groups in total. The zero-order chi connectivity index (χ0) is 17.6. The molecular formula is C17H18F3NO3. The number of hydrogen-bond acceptors (Lipinski definition) is 4. The maximum absolute atomic E-state index is 12.2. The Kier molecular flexibility index (Phi) is 6.05. The van der Waals surface area contributed by atoms with Crippen LogP contribution in [0.1, 0.15) is 17.2 Å². The summed E-state index contributed by atoms with van der Waals surface area (Å²) in [7, 11) is 1.54. The van der Waals surface area contributed by atoms with Crippen molar-refractivity contribution in [1.29, 1.82) is 0 Å². The van der Waals surface area contributed by atoms with Crippen LogP contribution in [0.5, 0.6) is 11.5 Å². The molecule has 0 aliphatic carbocycles. The molecule has 7 heteroatoms. The number of alkyl halides is 3. The predicted molar refractivity (Wildman–Crippen MR) is 82.8 cm³/mol. The largest absolute Gasteiger partial charge is 0.573 e. The average molecular weight is 341 g/mol. The van der Waals surface area contributed by atoms with Gasteiger partial charge in [-0.2, -0.15) is 0 Å². The third-order valence-corrected chi connectivity index (χ3v) is 3.28. The predicted octanol–water partition coefficient (Wildman–Crippen LogP) is 3.42. The van der Waals surface area contributed by atoms with Crippen LogP contribution in [-0.2, 0) is 6.54 Å². The van der Waals surface area contributed by atoms with Crippen molar-refractivity contribution in [3.63, 3.8) is 0 Å². The Bertz CT molecular complexity index is 662. The van der Waals surface area contributed by atoms with Gasteiger partial charge in [0.05, 0.1) is 13.2 Å². The van der Waals surface area contributed by atoms with Gasteiger partial charge in [-0.15, -0.1) is 13.2 Å². The standard InChI is InChI=1S/C17H18F3NO3/c1-23-14-6-3-5-13(9-14)16(22)11-21-10-12-4-2-7-15(8-12)24-17(18,19)20/h2-9,16,21-22H,10-11H2,1H3. The van der Waals surface area contributed by atoms with Crippen LogP contribution in [0.2, 0.25) is 0 Å². The number of aliphatic hydroxyl groups excluding tert-OH is 1. The highest BCUT2D eigenvalue weighted by Crippen LogP contribution is 2.23. The van der Waals surface area contributed by atoms with Gasteiger partial charge in [-0.05, 0) is 35.4 Å². The van der Waals surface area contributed by atoms with Gasteiger partial charge < -0.3 is 19.9 Å². The van der Waals surface area contributed by atoms with Crippen molar-refractivity contribution in [1.82, 2.24) is 5.32 Å². The molecule has 1 atom stereocenters. The van der Waals surface area contributed by atoms with Gasteiger partial charge >= 0.3 is 6.36 Å². The number of nitrogens with one attached hydrogen (secondary N) is 1. The fourth-order valence-electron chi connectivity index (χ4n) is 2.17. The van der Waals surface area contributed by atoms with Crippen molar-refractivity contribution < 1.29 is 27.8 Å². The molecule has 2 aromatic carbocycles. The van der Waals surface area contributed by atoms with Crippen molar-refractivity contribution in [2.45, 2.75) is 19.0 Å². The van der Waals surface area contributed by atoms with Crippen molar-refractivity contribution in [2.24, 2.45) is 0 Å².